The van der Waals surface area contributed by atoms with Gasteiger partial charge in [0.1, 0.15) is 5.82 Å². The van der Waals surface area contributed by atoms with Crippen LogP contribution in [0.4, 0.5) is 10.5 Å². The second-order valence-electron chi connectivity index (χ2n) is 9.74. The van der Waals surface area contributed by atoms with Gasteiger partial charge >= 0.3 is 6.09 Å². The first-order valence-corrected chi connectivity index (χ1v) is 12.3. The fourth-order valence-electron chi connectivity index (χ4n) is 5.76. The summed E-state index contributed by atoms with van der Waals surface area (Å²) >= 11 is 0. The molecule has 3 aromatic rings. The number of rotatable bonds is 4. The molecule has 0 saturated carbocycles. The Morgan fingerprint density at radius 1 is 1.15 bits per heavy atom. The molecule has 1 amide bonds. The van der Waals surface area contributed by atoms with Crippen LogP contribution in [0.2, 0.25) is 0 Å². The zero-order valence-electron chi connectivity index (χ0n) is 19.6. The summed E-state index contributed by atoms with van der Waals surface area (Å²) in [6.45, 7) is 6.36. The molecule has 6 nitrogen and oxygen atoms in total. The summed E-state index contributed by atoms with van der Waals surface area (Å²) in [4.78, 5) is 18.8. The molecule has 3 atom stereocenters. The molecule has 174 valence electrons. The van der Waals surface area contributed by atoms with E-state index in [1.807, 2.05) is 13.0 Å². The van der Waals surface area contributed by atoms with Gasteiger partial charge in [-0.05, 0) is 76.2 Å². The monoisotopic (exact) mass is 446 g/mol. The maximum absolute atomic E-state index is 12.0. The Morgan fingerprint density at radius 2 is 1.97 bits per heavy atom. The van der Waals surface area contributed by atoms with Crippen molar-refractivity contribution >= 4 is 22.8 Å². The Morgan fingerprint density at radius 3 is 2.76 bits per heavy atom. The van der Waals surface area contributed by atoms with Crippen LogP contribution < -0.4 is 10.2 Å². The van der Waals surface area contributed by atoms with Crippen LogP contribution in [0.5, 0.6) is 0 Å². The first kappa shape index (κ1) is 22.0. The third-order valence-electron chi connectivity index (χ3n) is 7.42. The van der Waals surface area contributed by atoms with Crippen LogP contribution in [-0.2, 0) is 12.8 Å². The van der Waals surface area contributed by atoms with Crippen LogP contribution in [0.15, 0.2) is 42.5 Å². The van der Waals surface area contributed by atoms with Gasteiger partial charge in [-0.2, -0.15) is 0 Å². The average Bonchev–Trinajstić information content (AvgIpc) is 2.99. The fraction of sp³-hybridized carbons (Fsp3) is 0.481. The minimum Gasteiger partial charge on any atom is -0.465 e. The summed E-state index contributed by atoms with van der Waals surface area (Å²) in [6.07, 6.45) is 5.14. The smallest absolute Gasteiger partial charge is 0.412 e. The van der Waals surface area contributed by atoms with Gasteiger partial charge in [-0.15, -0.1) is 0 Å². The molecule has 1 aromatic heterocycles. The number of benzene rings is 2. The first-order valence-electron chi connectivity index (χ1n) is 12.3. The topological polar surface area (TPSA) is 70.4 Å². The number of anilines is 1. The van der Waals surface area contributed by atoms with Crippen molar-refractivity contribution in [2.24, 2.45) is 0 Å². The summed E-state index contributed by atoms with van der Waals surface area (Å²) in [5, 5.41) is 13.4. The van der Waals surface area contributed by atoms with Crippen molar-refractivity contribution in [2.75, 3.05) is 18.0 Å². The maximum atomic E-state index is 12.0. The molecule has 3 heterocycles. The van der Waals surface area contributed by atoms with Gasteiger partial charge in [0.05, 0.1) is 16.7 Å². The summed E-state index contributed by atoms with van der Waals surface area (Å²) < 4.78 is 2.50. The summed E-state index contributed by atoms with van der Waals surface area (Å²) in [5.74, 6) is 1.40. The Hall–Kier alpha value is -2.86. The van der Waals surface area contributed by atoms with E-state index in [9.17, 15) is 9.90 Å². The highest BCUT2D eigenvalue weighted by molar-refractivity contribution is 5.94. The lowest BCUT2D eigenvalue weighted by Crippen LogP contribution is -2.41. The molecule has 0 spiro atoms. The Bertz CT molecular complexity index is 1130. The Labute approximate surface area is 195 Å². The second-order valence-corrected chi connectivity index (χ2v) is 9.74. The lowest BCUT2D eigenvalue weighted by atomic mass is 9.95. The number of aromatic nitrogens is 2. The van der Waals surface area contributed by atoms with Crippen LogP contribution in [0.25, 0.3) is 11.0 Å². The first-order chi connectivity index (χ1) is 16.0. The number of nitrogens with zero attached hydrogens (tertiary/aromatic N) is 3. The number of hydrogen-bond acceptors (Lipinski definition) is 3. The highest BCUT2D eigenvalue weighted by atomic mass is 16.4. The normalized spacial score (nSPS) is 22.1. The molecule has 0 bridgehead atoms. The van der Waals surface area contributed by atoms with E-state index in [1.54, 1.807) is 0 Å². The Balaban J connectivity index is 1.64. The van der Waals surface area contributed by atoms with E-state index in [0.717, 1.165) is 79.7 Å². The number of fused-ring (bicyclic) bond motifs is 3. The number of imidazole rings is 1. The zero-order chi connectivity index (χ0) is 22.9. The van der Waals surface area contributed by atoms with Crippen molar-refractivity contribution in [3.8, 4) is 0 Å². The van der Waals surface area contributed by atoms with Gasteiger partial charge < -0.3 is 15.0 Å². The highest BCUT2D eigenvalue weighted by Gasteiger charge is 2.32. The van der Waals surface area contributed by atoms with Crippen molar-refractivity contribution in [2.45, 2.75) is 70.4 Å². The van der Waals surface area contributed by atoms with E-state index in [1.165, 1.54) is 10.5 Å². The van der Waals surface area contributed by atoms with Crippen molar-refractivity contribution in [3.63, 3.8) is 0 Å². The number of amides is 1. The van der Waals surface area contributed by atoms with Crippen LogP contribution >= 0.6 is 0 Å². The van der Waals surface area contributed by atoms with E-state index in [-0.39, 0.29) is 12.0 Å². The van der Waals surface area contributed by atoms with Gasteiger partial charge in [0.15, 0.2) is 0 Å². The largest absolute Gasteiger partial charge is 0.465 e. The van der Waals surface area contributed by atoms with Gasteiger partial charge in [0, 0.05) is 23.6 Å². The standard InChI is InChI=1S/C27H34N4O2/c1-18(17-20-7-4-3-5-8-20)26-29-25-22-11-10-19(2)30(27(32)33)23(22)12-13-24(25)31(26)21-9-6-15-28-16-14-21/h3-5,7-8,12-13,18-19,21,28H,6,9-11,14-17H2,1-2H3,(H,32,33)/t18-,19-,21-/m0/s1. The second kappa shape index (κ2) is 9.18. The van der Waals surface area contributed by atoms with Crippen LogP contribution in [0, 0.1) is 0 Å². The van der Waals surface area contributed by atoms with E-state index in [2.05, 4.69) is 53.2 Å². The quantitative estimate of drug-likeness (QED) is 0.554. The van der Waals surface area contributed by atoms with E-state index >= 15 is 0 Å². The number of carbonyl (C=O) groups is 1. The minimum absolute atomic E-state index is 0.0149. The molecule has 1 saturated heterocycles. The van der Waals surface area contributed by atoms with Crippen LogP contribution in [0.3, 0.4) is 0 Å². The van der Waals surface area contributed by atoms with Crippen LogP contribution in [-0.4, -0.2) is 39.9 Å². The molecule has 2 aliphatic heterocycles. The predicted octanol–water partition coefficient (Wildman–Crippen LogP) is 5.52. The average molecular weight is 447 g/mol. The highest BCUT2D eigenvalue weighted by Crippen LogP contribution is 2.39. The van der Waals surface area contributed by atoms with Crippen molar-refractivity contribution in [3.05, 3.63) is 59.4 Å². The van der Waals surface area contributed by atoms with Crippen LogP contribution in [0.1, 0.15) is 68.4 Å². The number of nitrogens with one attached hydrogen (secondary N) is 1. The van der Waals surface area contributed by atoms with Crippen molar-refractivity contribution in [1.29, 1.82) is 0 Å². The molecule has 33 heavy (non-hydrogen) atoms. The number of carboxylic acid groups (broad SMARTS) is 1. The minimum atomic E-state index is -0.880. The molecule has 2 aromatic carbocycles. The number of aryl methyl sites for hydroxylation is 1. The predicted molar refractivity (Wildman–Crippen MR) is 132 cm³/mol. The van der Waals surface area contributed by atoms with Crippen molar-refractivity contribution < 1.29 is 9.90 Å². The Kier molecular flexibility index (Phi) is 6.11. The maximum Gasteiger partial charge on any atom is 0.412 e. The molecule has 1 fully saturated rings. The molecule has 0 radical (unpaired) electrons. The molecular weight excluding hydrogens is 412 g/mol. The molecule has 5 rings (SSSR count). The summed E-state index contributed by atoms with van der Waals surface area (Å²) in [5.41, 5.74) is 5.38. The molecule has 6 heteroatoms. The lowest BCUT2D eigenvalue weighted by Gasteiger charge is -2.33. The third kappa shape index (κ3) is 4.12. The zero-order valence-corrected chi connectivity index (χ0v) is 19.6. The molecule has 0 aliphatic carbocycles. The summed E-state index contributed by atoms with van der Waals surface area (Å²) in [6, 6.07) is 15.2. The van der Waals surface area contributed by atoms with Gasteiger partial charge in [-0.1, -0.05) is 37.3 Å². The van der Waals surface area contributed by atoms with Gasteiger partial charge in [-0.25, -0.2) is 9.78 Å². The third-order valence-corrected chi connectivity index (χ3v) is 7.42. The molecule has 0 unspecified atom stereocenters. The van der Waals surface area contributed by atoms with E-state index in [0.29, 0.717) is 6.04 Å². The van der Waals surface area contributed by atoms with E-state index in [4.69, 9.17) is 4.98 Å². The van der Waals surface area contributed by atoms with Gasteiger partial charge in [-0.3, -0.25) is 4.90 Å². The van der Waals surface area contributed by atoms with Gasteiger partial charge in [0.25, 0.3) is 0 Å². The van der Waals surface area contributed by atoms with E-state index < -0.39 is 6.09 Å². The van der Waals surface area contributed by atoms with Crippen molar-refractivity contribution in [1.82, 2.24) is 14.9 Å². The molecule has 2 aliphatic rings. The molecular formula is C27H34N4O2. The SMILES string of the molecule is C[C@@H](Cc1ccccc1)c1nc2c3c(ccc2n1[C@H]1CCCNCC1)N(C(=O)O)[C@@H](C)CC3. The molecule has 2 N–H and O–H groups in total. The summed E-state index contributed by atoms with van der Waals surface area (Å²) in [7, 11) is 0. The van der Waals surface area contributed by atoms with Gasteiger partial charge in [0.2, 0.25) is 0 Å². The number of hydrogen-bond donors (Lipinski definition) is 2. The lowest BCUT2D eigenvalue weighted by molar-refractivity contribution is 0.198. The fourth-order valence-corrected chi connectivity index (χ4v) is 5.76.